The van der Waals surface area contributed by atoms with Gasteiger partial charge in [-0.15, -0.1) is 0 Å². The van der Waals surface area contributed by atoms with Gasteiger partial charge in [0.05, 0.1) is 17.6 Å². The van der Waals surface area contributed by atoms with Crippen LogP contribution < -0.4 is 0 Å². The Labute approximate surface area is 111 Å². The fourth-order valence-corrected chi connectivity index (χ4v) is 2.23. The number of nitrogens with zero attached hydrogens (tertiary/aromatic N) is 2. The van der Waals surface area contributed by atoms with Crippen LogP contribution in [0.2, 0.25) is 0 Å². The van der Waals surface area contributed by atoms with Crippen LogP contribution in [-0.2, 0) is 11.3 Å². The monoisotopic (exact) mass is 268 g/mol. The Kier molecular flexibility index (Phi) is 4.44. The summed E-state index contributed by atoms with van der Waals surface area (Å²) >= 11 is 0. The molecular weight excluding hydrogens is 251 g/mol. The minimum atomic E-state index is -0.775. The molecule has 19 heavy (non-hydrogen) atoms. The van der Waals surface area contributed by atoms with E-state index in [1.165, 1.54) is 12.1 Å². The molecule has 0 aromatic heterocycles. The van der Waals surface area contributed by atoms with Gasteiger partial charge >= 0.3 is 5.69 Å². The van der Waals surface area contributed by atoms with Crippen molar-refractivity contribution in [3.05, 3.63) is 39.7 Å². The third-order valence-electron chi connectivity index (χ3n) is 3.29. The number of rotatable bonds is 4. The zero-order valence-corrected chi connectivity index (χ0v) is 10.8. The fraction of sp³-hybridized carbons (Fsp3) is 0.538. The van der Waals surface area contributed by atoms with Gasteiger partial charge in [0.15, 0.2) is 0 Å². The van der Waals surface area contributed by atoms with E-state index >= 15 is 0 Å². The highest BCUT2D eigenvalue weighted by Crippen LogP contribution is 2.20. The first-order chi connectivity index (χ1) is 9.10. The maximum atomic E-state index is 13.5. The summed E-state index contributed by atoms with van der Waals surface area (Å²) in [7, 11) is 0. The molecule has 1 aromatic rings. The molecule has 6 heteroatoms. The predicted octanol–water partition coefficient (Wildman–Crippen LogP) is 2.34. The molecule has 2 rings (SSSR count). The molecular formula is C13H17FN2O3. The van der Waals surface area contributed by atoms with Gasteiger partial charge < -0.3 is 4.74 Å². The molecule has 0 radical (unpaired) electrons. The third-order valence-corrected chi connectivity index (χ3v) is 3.29. The van der Waals surface area contributed by atoms with Crippen LogP contribution in [0.15, 0.2) is 18.2 Å². The Morgan fingerprint density at radius 3 is 3.00 bits per heavy atom. The molecule has 104 valence electrons. The summed E-state index contributed by atoms with van der Waals surface area (Å²) in [6.45, 7) is 4.95. The van der Waals surface area contributed by atoms with Gasteiger partial charge in [0.25, 0.3) is 0 Å². The van der Waals surface area contributed by atoms with E-state index in [-0.39, 0.29) is 6.10 Å². The highest BCUT2D eigenvalue weighted by atomic mass is 19.1. The summed E-state index contributed by atoms with van der Waals surface area (Å²) in [5.41, 5.74) is 0.275. The highest BCUT2D eigenvalue weighted by Gasteiger charge is 2.20. The number of morpholine rings is 1. The summed E-state index contributed by atoms with van der Waals surface area (Å²) in [5, 5.41) is 10.5. The van der Waals surface area contributed by atoms with Crippen molar-refractivity contribution in [2.75, 3.05) is 19.7 Å². The third kappa shape index (κ3) is 3.48. The molecule has 0 amide bonds. The van der Waals surface area contributed by atoms with E-state index in [4.69, 9.17) is 4.74 Å². The van der Waals surface area contributed by atoms with Crippen molar-refractivity contribution in [3.63, 3.8) is 0 Å². The van der Waals surface area contributed by atoms with Crippen molar-refractivity contribution in [2.24, 2.45) is 0 Å². The molecule has 1 saturated heterocycles. The SMILES string of the molecule is CCC1CN(Cc2ccc([N+](=O)[O-])c(F)c2)CCO1. The summed E-state index contributed by atoms with van der Waals surface area (Å²) < 4.78 is 19.1. The van der Waals surface area contributed by atoms with Crippen molar-refractivity contribution in [3.8, 4) is 0 Å². The molecule has 1 unspecified atom stereocenters. The predicted molar refractivity (Wildman–Crippen MR) is 68.4 cm³/mol. The van der Waals surface area contributed by atoms with Gasteiger partial charge in [-0.05, 0) is 18.1 Å². The number of benzene rings is 1. The molecule has 0 bridgehead atoms. The second kappa shape index (κ2) is 6.08. The van der Waals surface area contributed by atoms with Crippen molar-refractivity contribution < 1.29 is 14.1 Å². The van der Waals surface area contributed by atoms with E-state index in [1.54, 1.807) is 6.07 Å². The largest absolute Gasteiger partial charge is 0.376 e. The topological polar surface area (TPSA) is 55.6 Å². The van der Waals surface area contributed by atoms with Crippen LogP contribution in [0.1, 0.15) is 18.9 Å². The summed E-state index contributed by atoms with van der Waals surface area (Å²) in [6, 6.07) is 4.08. The standard InChI is InChI=1S/C13H17FN2O3/c1-2-11-9-15(5-6-19-11)8-10-3-4-13(16(17)18)12(14)7-10/h3-4,7,11H,2,5-6,8-9H2,1H3. The van der Waals surface area contributed by atoms with E-state index in [0.717, 1.165) is 25.1 Å². The Morgan fingerprint density at radius 1 is 1.58 bits per heavy atom. The van der Waals surface area contributed by atoms with Gasteiger partial charge in [-0.3, -0.25) is 15.0 Å². The summed E-state index contributed by atoms with van der Waals surface area (Å²) in [5.74, 6) is -0.775. The zero-order valence-electron chi connectivity index (χ0n) is 10.8. The molecule has 1 aliphatic rings. The van der Waals surface area contributed by atoms with Crippen molar-refractivity contribution in [1.82, 2.24) is 4.90 Å². The van der Waals surface area contributed by atoms with E-state index in [1.807, 2.05) is 0 Å². The molecule has 0 aliphatic carbocycles. The molecule has 1 heterocycles. The van der Waals surface area contributed by atoms with Crippen LogP contribution in [0.5, 0.6) is 0 Å². The first-order valence-corrected chi connectivity index (χ1v) is 6.37. The molecule has 0 saturated carbocycles. The van der Waals surface area contributed by atoms with Gasteiger partial charge in [-0.25, -0.2) is 0 Å². The van der Waals surface area contributed by atoms with Gasteiger partial charge in [-0.1, -0.05) is 13.0 Å². The Morgan fingerprint density at radius 2 is 2.37 bits per heavy atom. The molecule has 1 aliphatic heterocycles. The Bertz CT molecular complexity index is 467. The van der Waals surface area contributed by atoms with Crippen LogP contribution in [0.25, 0.3) is 0 Å². The van der Waals surface area contributed by atoms with Crippen LogP contribution in [0, 0.1) is 15.9 Å². The minimum Gasteiger partial charge on any atom is -0.376 e. The lowest BCUT2D eigenvalue weighted by Crippen LogP contribution is -2.41. The van der Waals surface area contributed by atoms with Gasteiger partial charge in [0.2, 0.25) is 5.82 Å². The minimum absolute atomic E-state index is 0.219. The molecule has 1 aromatic carbocycles. The van der Waals surface area contributed by atoms with Crippen molar-refractivity contribution in [2.45, 2.75) is 26.0 Å². The number of hydrogen-bond acceptors (Lipinski definition) is 4. The highest BCUT2D eigenvalue weighted by molar-refractivity contribution is 5.34. The van der Waals surface area contributed by atoms with E-state index in [0.29, 0.717) is 13.2 Å². The Balaban J connectivity index is 2.03. The second-order valence-corrected chi connectivity index (χ2v) is 4.68. The van der Waals surface area contributed by atoms with Crippen molar-refractivity contribution >= 4 is 5.69 Å². The number of halogens is 1. The number of nitro groups is 1. The van der Waals surface area contributed by atoms with E-state index in [9.17, 15) is 14.5 Å². The lowest BCUT2D eigenvalue weighted by molar-refractivity contribution is -0.387. The van der Waals surface area contributed by atoms with E-state index in [2.05, 4.69) is 11.8 Å². The second-order valence-electron chi connectivity index (χ2n) is 4.68. The lowest BCUT2D eigenvalue weighted by Gasteiger charge is -2.32. The van der Waals surface area contributed by atoms with Crippen LogP contribution in [0.4, 0.5) is 10.1 Å². The zero-order chi connectivity index (χ0) is 13.8. The average molecular weight is 268 g/mol. The quantitative estimate of drug-likeness (QED) is 0.621. The number of nitro benzene ring substituents is 1. The van der Waals surface area contributed by atoms with E-state index < -0.39 is 16.4 Å². The molecule has 0 spiro atoms. The van der Waals surface area contributed by atoms with Crippen molar-refractivity contribution in [1.29, 1.82) is 0 Å². The van der Waals surface area contributed by atoms with Gasteiger partial charge in [0, 0.05) is 25.7 Å². The first kappa shape index (κ1) is 13.9. The lowest BCUT2D eigenvalue weighted by atomic mass is 10.1. The molecule has 1 fully saturated rings. The normalized spacial score (nSPS) is 20.4. The molecule has 1 atom stereocenters. The first-order valence-electron chi connectivity index (χ1n) is 6.37. The maximum Gasteiger partial charge on any atom is 0.304 e. The van der Waals surface area contributed by atoms with Crippen LogP contribution in [-0.4, -0.2) is 35.6 Å². The summed E-state index contributed by atoms with van der Waals surface area (Å²) in [4.78, 5) is 12.0. The maximum absolute atomic E-state index is 13.5. The van der Waals surface area contributed by atoms with Gasteiger partial charge in [-0.2, -0.15) is 4.39 Å². The van der Waals surface area contributed by atoms with Gasteiger partial charge in [0.1, 0.15) is 0 Å². The van der Waals surface area contributed by atoms with Crippen LogP contribution >= 0.6 is 0 Å². The molecule has 0 N–H and O–H groups in total. The molecule has 5 nitrogen and oxygen atoms in total. The summed E-state index contributed by atoms with van der Waals surface area (Å²) in [6.07, 6.45) is 1.17. The van der Waals surface area contributed by atoms with Crippen LogP contribution in [0.3, 0.4) is 0 Å². The fourth-order valence-electron chi connectivity index (χ4n) is 2.23. The number of ether oxygens (including phenoxy) is 1. The smallest absolute Gasteiger partial charge is 0.304 e. The average Bonchev–Trinajstić information content (AvgIpc) is 2.38. The number of hydrogen-bond donors (Lipinski definition) is 0. The Hall–Kier alpha value is -1.53.